The normalized spacial score (nSPS) is 28.5. The number of phosphoric ester groups is 1. The first-order valence-electron chi connectivity index (χ1n) is 13.3. The van der Waals surface area contributed by atoms with Crippen molar-refractivity contribution in [1.29, 1.82) is 0 Å². The van der Waals surface area contributed by atoms with E-state index in [1.54, 1.807) is 12.1 Å². The largest absolute Gasteiger partial charge is 0.472 e. The molecule has 2 fully saturated rings. The molecule has 2 aliphatic rings. The molecule has 0 aliphatic carbocycles. The molecule has 2 aliphatic heterocycles. The number of methoxy groups -OCH3 is 1. The third-order valence-electron chi connectivity index (χ3n) is 7.45. The predicted octanol–water partition coefficient (Wildman–Crippen LogP) is -0.121. The van der Waals surface area contributed by atoms with Crippen LogP contribution in [0, 0.1) is 0 Å². The number of nitrogen functional groups attached to an aromatic ring is 1. The molecule has 0 saturated carbocycles. The number of nitrogens with zero attached hydrogens (tertiary/aromatic N) is 4. The number of aliphatic hydroxyl groups excluding tert-OH is 2. The number of hydrogen-bond donors (Lipinski definition) is 5. The molecule has 8 atom stereocenters. The van der Waals surface area contributed by atoms with Gasteiger partial charge in [-0.2, -0.15) is 0 Å². The third-order valence-corrected chi connectivity index (χ3v) is 8.46. The molecule has 0 radical (unpaired) electrons. The van der Waals surface area contributed by atoms with E-state index in [4.69, 9.17) is 33.4 Å². The highest BCUT2D eigenvalue weighted by Crippen LogP contribution is 2.49. The van der Waals surface area contributed by atoms with E-state index in [-0.39, 0.29) is 17.7 Å². The smallest absolute Gasteiger partial charge is 0.464 e. The van der Waals surface area contributed by atoms with Gasteiger partial charge in [-0.1, -0.05) is 0 Å². The van der Waals surface area contributed by atoms with Crippen LogP contribution in [0.5, 0.6) is 0 Å². The minimum atomic E-state index is -4.84. The van der Waals surface area contributed by atoms with Crippen LogP contribution in [-0.4, -0.2) is 90.0 Å². The number of H-pyrrole nitrogens is 1. The summed E-state index contributed by atoms with van der Waals surface area (Å²) in [6.45, 7) is -1.20. The summed E-state index contributed by atoms with van der Waals surface area (Å²) >= 11 is 0. The zero-order chi connectivity index (χ0) is 31.2. The lowest BCUT2D eigenvalue weighted by Gasteiger charge is -2.21. The Morgan fingerprint density at radius 1 is 1.20 bits per heavy atom. The highest BCUT2D eigenvalue weighted by atomic mass is 31.2. The molecule has 2 unspecified atom stereocenters. The lowest BCUT2D eigenvalue weighted by Crippen LogP contribution is -2.35. The maximum absolute atomic E-state index is 13.0. The van der Waals surface area contributed by atoms with Crippen LogP contribution in [0.15, 0.2) is 57.2 Å². The van der Waals surface area contributed by atoms with Crippen molar-refractivity contribution >= 4 is 24.7 Å². The van der Waals surface area contributed by atoms with Crippen molar-refractivity contribution in [3.05, 3.63) is 64.0 Å². The molecule has 0 bridgehead atoms. The minimum absolute atomic E-state index is 0.0463. The minimum Gasteiger partial charge on any atom is -0.464 e. The highest BCUT2D eigenvalue weighted by Gasteiger charge is 2.47. The molecule has 2 saturated heterocycles. The summed E-state index contributed by atoms with van der Waals surface area (Å²) < 4.78 is 48.4. The summed E-state index contributed by atoms with van der Waals surface area (Å²) in [5, 5.41) is 20.7. The Morgan fingerprint density at radius 2 is 2.02 bits per heavy atom. The molecule has 0 amide bonds. The van der Waals surface area contributed by atoms with Gasteiger partial charge in [-0.05, 0) is 18.2 Å². The first-order valence-corrected chi connectivity index (χ1v) is 14.8. The molecule has 4 aromatic heterocycles. The molecule has 0 spiro atoms. The molecule has 18 nitrogen and oxygen atoms in total. The van der Waals surface area contributed by atoms with E-state index in [1.165, 1.54) is 42.7 Å². The molecule has 6 rings (SSSR count). The number of fused-ring (bicyclic) bond motifs is 1. The van der Waals surface area contributed by atoms with Gasteiger partial charge in [0.05, 0.1) is 37.1 Å². The predicted molar refractivity (Wildman–Crippen MR) is 148 cm³/mol. The van der Waals surface area contributed by atoms with Crippen molar-refractivity contribution in [2.24, 2.45) is 0 Å². The number of hydrogen-bond acceptors (Lipinski definition) is 14. The average molecular weight is 637 g/mol. The molecule has 236 valence electrons. The monoisotopic (exact) mass is 636 g/mol. The molecular weight excluding hydrogens is 607 g/mol. The Labute approximate surface area is 247 Å². The summed E-state index contributed by atoms with van der Waals surface area (Å²) in [7, 11) is -3.48. The molecule has 6 N–H and O–H groups in total. The second-order valence-electron chi connectivity index (χ2n) is 10.1. The maximum Gasteiger partial charge on any atom is 0.472 e. The number of ether oxygens (including phenoxy) is 3. The topological polar surface area (TPSA) is 249 Å². The Bertz CT molecular complexity index is 1790. The number of pyridine rings is 1. The Morgan fingerprint density at radius 3 is 2.75 bits per heavy atom. The van der Waals surface area contributed by atoms with Gasteiger partial charge in [0.25, 0.3) is 5.56 Å². The number of furan rings is 1. The number of aliphatic hydroxyl groups is 2. The quantitative estimate of drug-likeness (QED) is 0.142. The van der Waals surface area contributed by atoms with Crippen LogP contribution in [0.1, 0.15) is 18.9 Å². The van der Waals surface area contributed by atoms with E-state index in [0.29, 0.717) is 16.9 Å². The van der Waals surface area contributed by atoms with Crippen molar-refractivity contribution in [3.8, 4) is 11.3 Å². The Hall–Kier alpha value is -3.71. The molecule has 6 heterocycles. The number of rotatable bonds is 10. The summed E-state index contributed by atoms with van der Waals surface area (Å²) in [6.07, 6.45) is -2.33. The van der Waals surface area contributed by atoms with Gasteiger partial charge in [0.1, 0.15) is 48.0 Å². The van der Waals surface area contributed by atoms with E-state index in [2.05, 4.69) is 15.0 Å². The van der Waals surface area contributed by atoms with Crippen LogP contribution in [0.25, 0.3) is 22.5 Å². The van der Waals surface area contributed by atoms with E-state index < -0.39 is 75.3 Å². The number of nitrogens with one attached hydrogen (secondary N) is 1. The summed E-state index contributed by atoms with van der Waals surface area (Å²) in [5.41, 5.74) is 5.71. The first kappa shape index (κ1) is 30.3. The van der Waals surface area contributed by atoms with Gasteiger partial charge in [-0.25, -0.2) is 19.3 Å². The second kappa shape index (κ2) is 12.0. The van der Waals surface area contributed by atoms with Crippen LogP contribution in [-0.2, 0) is 27.8 Å². The molecule has 44 heavy (non-hydrogen) atoms. The van der Waals surface area contributed by atoms with E-state index >= 15 is 0 Å². The first-order chi connectivity index (χ1) is 21.1. The molecule has 19 heteroatoms. The van der Waals surface area contributed by atoms with Crippen molar-refractivity contribution in [2.45, 2.75) is 49.4 Å². The van der Waals surface area contributed by atoms with Crippen molar-refractivity contribution in [3.63, 3.8) is 0 Å². The van der Waals surface area contributed by atoms with Gasteiger partial charge >= 0.3 is 13.5 Å². The van der Waals surface area contributed by atoms with Gasteiger partial charge in [0.15, 0.2) is 11.9 Å². The van der Waals surface area contributed by atoms with Crippen LogP contribution in [0.3, 0.4) is 0 Å². The molecular formula is C25H29N6O12P. The average Bonchev–Trinajstić information content (AvgIpc) is 3.78. The fourth-order valence-corrected chi connectivity index (χ4v) is 6.26. The fourth-order valence-electron chi connectivity index (χ4n) is 5.30. The highest BCUT2D eigenvalue weighted by molar-refractivity contribution is 7.47. The second-order valence-corrected chi connectivity index (χ2v) is 11.5. The standard InChI is InChI=1S/C25H29N6O12P/c1-38-21-20(33)17(42-24(21)31-11-28-19-13(26)4-5-27-22(19)31)10-40-44(36,37)43-15-7-18(41-16(15)9-32)30-8-12(14-3-2-6-39-14)23(34)29-25(30)35/h2-6,8,11,15-18,20-21,24,32-33H,7,9-10H2,1H3,(H2,26,27)(H,36,37)(H,29,34,35)/t15-,16-,17-,18-,20+,21?,24-/m1/s1. The Kier molecular flexibility index (Phi) is 8.27. The van der Waals surface area contributed by atoms with Gasteiger partial charge < -0.3 is 39.5 Å². The van der Waals surface area contributed by atoms with E-state index in [1.807, 2.05) is 0 Å². The number of nitrogens with two attached hydrogens (primary N) is 1. The van der Waals surface area contributed by atoms with Gasteiger partial charge in [0.2, 0.25) is 0 Å². The van der Waals surface area contributed by atoms with Crippen molar-refractivity contribution < 1.29 is 47.3 Å². The fraction of sp³-hybridized carbons (Fsp3) is 0.440. The van der Waals surface area contributed by atoms with Crippen LogP contribution in [0.2, 0.25) is 0 Å². The number of phosphoric acid groups is 1. The number of anilines is 1. The van der Waals surface area contributed by atoms with Crippen molar-refractivity contribution in [1.82, 2.24) is 24.1 Å². The lowest BCUT2D eigenvalue weighted by molar-refractivity contribution is -0.0627. The number of aromatic nitrogens is 5. The lowest BCUT2D eigenvalue weighted by atomic mass is 10.1. The molecule has 0 aromatic carbocycles. The summed E-state index contributed by atoms with van der Waals surface area (Å²) in [4.78, 5) is 46.1. The van der Waals surface area contributed by atoms with Crippen LogP contribution in [0.4, 0.5) is 5.69 Å². The zero-order valence-corrected chi connectivity index (χ0v) is 23.9. The SMILES string of the molecule is COC1[C@@H](O)[C@@H](COP(=O)(O)O[C@@H]2C[C@H](n3cc(-c4ccco4)c(=O)[nH]c3=O)O[C@@H]2CO)O[C@H]1n1cnc2c(N)ccnc21. The maximum atomic E-state index is 13.0. The third kappa shape index (κ3) is 5.63. The number of aromatic amines is 1. The van der Waals surface area contributed by atoms with Crippen molar-refractivity contribution in [2.75, 3.05) is 26.1 Å². The van der Waals surface area contributed by atoms with E-state index in [0.717, 1.165) is 4.57 Å². The van der Waals surface area contributed by atoms with Gasteiger partial charge in [0, 0.05) is 25.9 Å². The summed E-state index contributed by atoms with van der Waals surface area (Å²) in [6, 6.07) is 4.69. The number of imidazole rings is 1. The van der Waals surface area contributed by atoms with Crippen LogP contribution >= 0.6 is 7.82 Å². The van der Waals surface area contributed by atoms with Gasteiger partial charge in [-0.15, -0.1) is 0 Å². The Balaban J connectivity index is 1.13. The molecule has 4 aromatic rings. The summed E-state index contributed by atoms with van der Waals surface area (Å²) in [5.74, 6) is 0.202. The van der Waals surface area contributed by atoms with E-state index in [9.17, 15) is 29.3 Å². The van der Waals surface area contributed by atoms with Crippen LogP contribution < -0.4 is 17.0 Å². The zero-order valence-electron chi connectivity index (χ0n) is 23.0. The van der Waals surface area contributed by atoms with Gasteiger partial charge in [-0.3, -0.25) is 28.0 Å².